The molecule has 0 radical (unpaired) electrons. The van der Waals surface area contributed by atoms with Gasteiger partial charge in [0.1, 0.15) is 0 Å². The minimum absolute atomic E-state index is 0.00491. The fourth-order valence-electron chi connectivity index (χ4n) is 3.77. The predicted molar refractivity (Wildman–Crippen MR) is 81.2 cm³/mol. The molecule has 2 aliphatic rings. The summed E-state index contributed by atoms with van der Waals surface area (Å²) in [5.74, 6) is -0.196. The Hall–Kier alpha value is -1.26. The fourth-order valence-corrected chi connectivity index (χ4v) is 3.77. The van der Waals surface area contributed by atoms with Gasteiger partial charge in [0.05, 0.1) is 6.42 Å². The summed E-state index contributed by atoms with van der Waals surface area (Å²) in [6.45, 7) is 7.03. The van der Waals surface area contributed by atoms with Crippen molar-refractivity contribution in [2.45, 2.75) is 70.9 Å². The molecule has 1 saturated carbocycles. The zero-order valence-electron chi connectivity index (χ0n) is 13.5. The van der Waals surface area contributed by atoms with Gasteiger partial charge in [-0.1, -0.05) is 6.42 Å². The molecule has 2 rings (SSSR count). The van der Waals surface area contributed by atoms with Gasteiger partial charge in [0.25, 0.3) is 0 Å². The Morgan fingerprint density at radius 2 is 1.86 bits per heavy atom. The number of aliphatic carboxylic acids is 1. The maximum atomic E-state index is 13.0. The third kappa shape index (κ3) is 3.69. The second-order valence-corrected chi connectivity index (χ2v) is 7.34. The van der Waals surface area contributed by atoms with E-state index in [1.165, 1.54) is 19.3 Å². The molecule has 1 aliphatic carbocycles. The Labute approximate surface area is 127 Å². The molecular weight excluding hydrogens is 268 g/mol. The first kappa shape index (κ1) is 16.1. The second-order valence-electron chi connectivity index (χ2n) is 7.34. The number of nitrogens with zero attached hydrogens (tertiary/aromatic N) is 2. The van der Waals surface area contributed by atoms with Crippen LogP contribution in [0.5, 0.6) is 0 Å². The first-order chi connectivity index (χ1) is 9.80. The van der Waals surface area contributed by atoms with E-state index >= 15 is 0 Å². The van der Waals surface area contributed by atoms with Crippen LogP contribution in [0.4, 0.5) is 4.79 Å². The molecule has 5 heteroatoms. The number of carboxylic acid groups (broad SMARTS) is 1. The van der Waals surface area contributed by atoms with Gasteiger partial charge in [-0.05, 0) is 52.4 Å². The first-order valence-corrected chi connectivity index (χ1v) is 8.10. The van der Waals surface area contributed by atoms with Crippen LogP contribution in [0.3, 0.4) is 0 Å². The van der Waals surface area contributed by atoms with Crippen molar-refractivity contribution in [3.8, 4) is 0 Å². The van der Waals surface area contributed by atoms with Crippen LogP contribution < -0.4 is 0 Å². The number of carboxylic acids is 1. The van der Waals surface area contributed by atoms with E-state index in [9.17, 15) is 9.59 Å². The zero-order chi connectivity index (χ0) is 15.6. The van der Waals surface area contributed by atoms with E-state index in [0.717, 1.165) is 19.4 Å². The lowest BCUT2D eigenvalue weighted by Crippen LogP contribution is -2.57. The van der Waals surface area contributed by atoms with Crippen molar-refractivity contribution in [2.24, 2.45) is 5.92 Å². The standard InChI is InChI=1S/C16H28N2O3/c1-16(2,3)18(11-9-14(19)20)15(21)17-10-5-7-12-6-4-8-13(12)17/h12-13H,4-11H2,1-3H3,(H,19,20). The molecule has 0 aromatic rings. The molecule has 2 unspecified atom stereocenters. The number of amides is 2. The summed E-state index contributed by atoms with van der Waals surface area (Å²) in [5.41, 5.74) is -0.349. The molecule has 21 heavy (non-hydrogen) atoms. The molecule has 0 bridgehead atoms. The lowest BCUT2D eigenvalue weighted by Gasteiger charge is -2.44. The first-order valence-electron chi connectivity index (χ1n) is 8.10. The van der Waals surface area contributed by atoms with Gasteiger partial charge in [-0.3, -0.25) is 4.79 Å². The van der Waals surface area contributed by atoms with Crippen LogP contribution in [-0.4, -0.2) is 51.6 Å². The van der Waals surface area contributed by atoms with Crippen LogP contribution in [0.25, 0.3) is 0 Å². The normalized spacial score (nSPS) is 25.6. The smallest absolute Gasteiger partial charge is 0.320 e. The van der Waals surface area contributed by atoms with Crippen LogP contribution in [0.1, 0.15) is 59.3 Å². The monoisotopic (exact) mass is 296 g/mol. The molecule has 2 atom stereocenters. The second kappa shape index (κ2) is 6.24. The Kier molecular flexibility index (Phi) is 4.79. The summed E-state index contributed by atoms with van der Waals surface area (Å²) >= 11 is 0. The number of carbonyl (C=O) groups excluding carboxylic acids is 1. The van der Waals surface area contributed by atoms with Gasteiger partial charge in [0.15, 0.2) is 0 Å². The molecular formula is C16H28N2O3. The maximum Gasteiger partial charge on any atom is 0.320 e. The van der Waals surface area contributed by atoms with E-state index in [0.29, 0.717) is 12.0 Å². The summed E-state index contributed by atoms with van der Waals surface area (Å²) in [4.78, 5) is 27.6. The van der Waals surface area contributed by atoms with Crippen molar-refractivity contribution < 1.29 is 14.7 Å². The van der Waals surface area contributed by atoms with Crippen molar-refractivity contribution in [2.75, 3.05) is 13.1 Å². The topological polar surface area (TPSA) is 60.9 Å². The van der Waals surface area contributed by atoms with Crippen LogP contribution in [-0.2, 0) is 4.79 Å². The Bertz CT molecular complexity index is 403. The summed E-state index contributed by atoms with van der Waals surface area (Å²) in [6, 6.07) is 0.404. The Morgan fingerprint density at radius 1 is 1.19 bits per heavy atom. The zero-order valence-corrected chi connectivity index (χ0v) is 13.5. The highest BCUT2D eigenvalue weighted by Crippen LogP contribution is 2.37. The maximum absolute atomic E-state index is 13.0. The van der Waals surface area contributed by atoms with Crippen LogP contribution in [0, 0.1) is 5.92 Å². The number of rotatable bonds is 3. The third-order valence-corrected chi connectivity index (χ3v) is 4.83. The number of piperidine rings is 1. The summed E-state index contributed by atoms with van der Waals surface area (Å²) in [5, 5.41) is 8.92. The van der Waals surface area contributed by atoms with Crippen molar-refractivity contribution in [3.05, 3.63) is 0 Å². The van der Waals surface area contributed by atoms with E-state index in [1.807, 2.05) is 25.7 Å². The quantitative estimate of drug-likeness (QED) is 0.871. The molecule has 1 saturated heterocycles. The minimum Gasteiger partial charge on any atom is -0.481 e. The van der Waals surface area contributed by atoms with E-state index < -0.39 is 5.97 Å². The number of carbonyl (C=O) groups is 2. The van der Waals surface area contributed by atoms with Gasteiger partial charge in [-0.15, -0.1) is 0 Å². The largest absolute Gasteiger partial charge is 0.481 e. The van der Waals surface area contributed by atoms with E-state index in [1.54, 1.807) is 4.90 Å². The summed E-state index contributed by atoms with van der Waals surface area (Å²) < 4.78 is 0. The van der Waals surface area contributed by atoms with Crippen LogP contribution in [0.2, 0.25) is 0 Å². The molecule has 1 N–H and O–H groups in total. The summed E-state index contributed by atoms with van der Waals surface area (Å²) in [6.07, 6.45) is 5.87. The molecule has 1 heterocycles. The average molecular weight is 296 g/mol. The van der Waals surface area contributed by atoms with Crippen molar-refractivity contribution in [1.29, 1.82) is 0 Å². The highest BCUT2D eigenvalue weighted by Gasteiger charge is 2.40. The molecule has 120 valence electrons. The summed E-state index contributed by atoms with van der Waals surface area (Å²) in [7, 11) is 0. The van der Waals surface area contributed by atoms with Crippen molar-refractivity contribution in [1.82, 2.24) is 9.80 Å². The lowest BCUT2D eigenvalue weighted by molar-refractivity contribution is -0.137. The van der Waals surface area contributed by atoms with Gasteiger partial charge in [0.2, 0.25) is 0 Å². The van der Waals surface area contributed by atoms with Crippen LogP contribution in [0.15, 0.2) is 0 Å². The van der Waals surface area contributed by atoms with Gasteiger partial charge >= 0.3 is 12.0 Å². The molecule has 0 spiro atoms. The van der Waals surface area contributed by atoms with Gasteiger partial charge < -0.3 is 14.9 Å². The average Bonchev–Trinajstić information content (AvgIpc) is 2.84. The minimum atomic E-state index is -0.852. The molecule has 0 aromatic heterocycles. The Morgan fingerprint density at radius 3 is 2.48 bits per heavy atom. The highest BCUT2D eigenvalue weighted by atomic mass is 16.4. The molecule has 1 aliphatic heterocycles. The highest BCUT2D eigenvalue weighted by molar-refractivity contribution is 5.77. The number of urea groups is 1. The number of hydrogen-bond acceptors (Lipinski definition) is 2. The third-order valence-electron chi connectivity index (χ3n) is 4.83. The van der Waals surface area contributed by atoms with Crippen molar-refractivity contribution in [3.63, 3.8) is 0 Å². The lowest BCUT2D eigenvalue weighted by atomic mass is 9.92. The van der Waals surface area contributed by atoms with E-state index in [-0.39, 0.29) is 24.5 Å². The van der Waals surface area contributed by atoms with Crippen LogP contribution >= 0.6 is 0 Å². The fraction of sp³-hybridized carbons (Fsp3) is 0.875. The Balaban J connectivity index is 2.11. The predicted octanol–water partition coefficient (Wildman–Crippen LogP) is 2.95. The van der Waals surface area contributed by atoms with E-state index in [4.69, 9.17) is 5.11 Å². The van der Waals surface area contributed by atoms with Gasteiger partial charge in [-0.25, -0.2) is 4.79 Å². The molecule has 2 fully saturated rings. The number of hydrogen-bond donors (Lipinski definition) is 1. The van der Waals surface area contributed by atoms with Gasteiger partial charge in [-0.2, -0.15) is 0 Å². The molecule has 5 nitrogen and oxygen atoms in total. The number of fused-ring (bicyclic) bond motifs is 1. The van der Waals surface area contributed by atoms with E-state index in [2.05, 4.69) is 0 Å². The number of likely N-dealkylation sites (tertiary alicyclic amines) is 1. The van der Waals surface area contributed by atoms with Gasteiger partial charge in [0, 0.05) is 24.7 Å². The SMILES string of the molecule is CC(C)(C)N(CCC(=O)O)C(=O)N1CCCC2CCCC21. The van der Waals surface area contributed by atoms with Crippen molar-refractivity contribution >= 4 is 12.0 Å². The molecule has 2 amide bonds. The molecule has 0 aromatic carbocycles.